The summed E-state index contributed by atoms with van der Waals surface area (Å²) < 4.78 is 3.87. The number of hydrogen-bond donors (Lipinski definition) is 2. The fourth-order valence-corrected chi connectivity index (χ4v) is 3.76. The highest BCUT2D eigenvalue weighted by Crippen LogP contribution is 2.29. The van der Waals surface area contributed by atoms with Crippen molar-refractivity contribution in [3.05, 3.63) is 42.2 Å². The highest BCUT2D eigenvalue weighted by Gasteiger charge is 2.35. The van der Waals surface area contributed by atoms with Gasteiger partial charge in [-0.25, -0.2) is 4.98 Å². The standard InChI is InChI=1S/C19H24N6O/c1-3-8-25-17-7-5-4-6-16(17)22-19(25)23-18(26)15-11-20-10-14(15)13-9-21-24(2)12-13/h4-7,9,12,14-15,20H,3,8,10-11H2,1-2H3,(H,22,23,26)/t14-,15+/m1/s1. The van der Waals surface area contributed by atoms with E-state index >= 15 is 0 Å². The molecule has 136 valence electrons. The van der Waals surface area contributed by atoms with E-state index < -0.39 is 0 Å². The Morgan fingerprint density at radius 3 is 2.96 bits per heavy atom. The molecule has 0 unspecified atom stereocenters. The lowest BCUT2D eigenvalue weighted by molar-refractivity contribution is -0.119. The van der Waals surface area contributed by atoms with E-state index in [1.165, 1.54) is 0 Å². The maximum absolute atomic E-state index is 13.0. The maximum Gasteiger partial charge on any atom is 0.231 e. The molecule has 1 aliphatic heterocycles. The SMILES string of the molecule is CCCn1c(NC(=O)[C@H]2CNC[C@@H]2c2cnn(C)c2)nc2ccccc21. The Balaban J connectivity index is 1.59. The number of carbonyl (C=O) groups excluding carboxylic acids is 1. The minimum atomic E-state index is -0.130. The molecule has 7 heteroatoms. The number of nitrogens with zero attached hydrogens (tertiary/aromatic N) is 4. The first-order valence-electron chi connectivity index (χ1n) is 9.12. The average Bonchev–Trinajstić information content (AvgIpc) is 3.34. The molecule has 2 atom stereocenters. The first kappa shape index (κ1) is 16.8. The Morgan fingerprint density at radius 2 is 2.19 bits per heavy atom. The molecule has 1 aromatic carbocycles. The third-order valence-electron chi connectivity index (χ3n) is 5.04. The number of hydrogen-bond acceptors (Lipinski definition) is 4. The summed E-state index contributed by atoms with van der Waals surface area (Å²) in [5.74, 6) is 0.646. The minimum Gasteiger partial charge on any atom is -0.315 e. The molecule has 0 saturated carbocycles. The summed E-state index contributed by atoms with van der Waals surface area (Å²) in [6.45, 7) is 4.40. The zero-order valence-corrected chi connectivity index (χ0v) is 15.1. The van der Waals surface area contributed by atoms with Crippen molar-refractivity contribution < 1.29 is 4.79 Å². The second-order valence-electron chi connectivity index (χ2n) is 6.88. The quantitative estimate of drug-likeness (QED) is 0.737. The van der Waals surface area contributed by atoms with E-state index in [0.717, 1.165) is 36.1 Å². The highest BCUT2D eigenvalue weighted by molar-refractivity contribution is 5.94. The Hall–Kier alpha value is -2.67. The summed E-state index contributed by atoms with van der Waals surface area (Å²) in [4.78, 5) is 17.6. The summed E-state index contributed by atoms with van der Waals surface area (Å²) >= 11 is 0. The first-order chi connectivity index (χ1) is 12.7. The molecule has 0 bridgehead atoms. The van der Waals surface area contributed by atoms with Crippen molar-refractivity contribution in [2.75, 3.05) is 18.4 Å². The Kier molecular flexibility index (Phi) is 4.46. The number of rotatable bonds is 5. The van der Waals surface area contributed by atoms with Gasteiger partial charge in [0.15, 0.2) is 0 Å². The van der Waals surface area contributed by atoms with Crippen LogP contribution in [0.25, 0.3) is 11.0 Å². The molecule has 0 aliphatic carbocycles. The molecule has 0 spiro atoms. The van der Waals surface area contributed by atoms with Crippen molar-refractivity contribution in [3.8, 4) is 0 Å². The number of anilines is 1. The van der Waals surface area contributed by atoms with Crippen molar-refractivity contribution in [3.63, 3.8) is 0 Å². The number of benzene rings is 1. The second kappa shape index (κ2) is 6.92. The van der Waals surface area contributed by atoms with Crippen LogP contribution >= 0.6 is 0 Å². The second-order valence-corrected chi connectivity index (χ2v) is 6.88. The molecule has 2 N–H and O–H groups in total. The van der Waals surface area contributed by atoms with Crippen LogP contribution < -0.4 is 10.6 Å². The molecule has 3 aromatic rings. The van der Waals surface area contributed by atoms with Crippen molar-refractivity contribution in [2.24, 2.45) is 13.0 Å². The average molecular weight is 352 g/mol. The normalized spacial score (nSPS) is 19.9. The van der Waals surface area contributed by atoms with Crippen LogP contribution in [0, 0.1) is 5.92 Å². The van der Waals surface area contributed by atoms with Crippen LogP contribution in [-0.2, 0) is 18.4 Å². The van der Waals surface area contributed by atoms with Crippen LogP contribution in [0.4, 0.5) is 5.95 Å². The fourth-order valence-electron chi connectivity index (χ4n) is 3.76. The van der Waals surface area contributed by atoms with Gasteiger partial charge in [-0.05, 0) is 24.1 Å². The molecule has 1 saturated heterocycles. The molecule has 1 aliphatic rings. The predicted octanol–water partition coefficient (Wildman–Crippen LogP) is 2.12. The third-order valence-corrected chi connectivity index (χ3v) is 5.04. The number of amides is 1. The van der Waals surface area contributed by atoms with E-state index in [1.807, 2.05) is 43.7 Å². The number of aryl methyl sites for hydroxylation is 2. The van der Waals surface area contributed by atoms with Crippen LogP contribution in [0.3, 0.4) is 0 Å². The summed E-state index contributed by atoms with van der Waals surface area (Å²) in [7, 11) is 1.90. The number of imidazole rings is 1. The van der Waals surface area contributed by atoms with Crippen LogP contribution in [0.15, 0.2) is 36.7 Å². The zero-order valence-electron chi connectivity index (χ0n) is 15.1. The summed E-state index contributed by atoms with van der Waals surface area (Å²) in [5.41, 5.74) is 3.06. The molecule has 1 fully saturated rings. The predicted molar refractivity (Wildman–Crippen MR) is 101 cm³/mol. The lowest BCUT2D eigenvalue weighted by Crippen LogP contribution is -2.29. The molecule has 1 amide bonds. The smallest absolute Gasteiger partial charge is 0.231 e. The van der Waals surface area contributed by atoms with Gasteiger partial charge in [0.1, 0.15) is 0 Å². The van der Waals surface area contributed by atoms with Gasteiger partial charge in [-0.15, -0.1) is 0 Å². The number of fused-ring (bicyclic) bond motifs is 1. The molecule has 2 aromatic heterocycles. The highest BCUT2D eigenvalue weighted by atomic mass is 16.2. The summed E-state index contributed by atoms with van der Waals surface area (Å²) in [6.07, 6.45) is 4.82. The summed E-state index contributed by atoms with van der Waals surface area (Å²) in [6, 6.07) is 7.99. The molecular weight excluding hydrogens is 328 g/mol. The molecule has 7 nitrogen and oxygen atoms in total. The molecule has 0 radical (unpaired) electrons. The van der Waals surface area contributed by atoms with Crippen molar-refractivity contribution in [1.29, 1.82) is 0 Å². The lowest BCUT2D eigenvalue weighted by Gasteiger charge is -2.17. The molecule has 4 rings (SSSR count). The number of nitrogens with one attached hydrogen (secondary N) is 2. The van der Waals surface area contributed by atoms with Crippen molar-refractivity contribution in [1.82, 2.24) is 24.6 Å². The monoisotopic (exact) mass is 352 g/mol. The largest absolute Gasteiger partial charge is 0.315 e. The van der Waals surface area contributed by atoms with Gasteiger partial charge in [0.05, 0.1) is 23.1 Å². The third kappa shape index (κ3) is 2.99. The van der Waals surface area contributed by atoms with Gasteiger partial charge in [-0.3, -0.25) is 14.8 Å². The van der Waals surface area contributed by atoms with E-state index in [-0.39, 0.29) is 17.7 Å². The number of para-hydroxylation sites is 2. The van der Waals surface area contributed by atoms with E-state index in [1.54, 1.807) is 4.68 Å². The topological polar surface area (TPSA) is 76.8 Å². The van der Waals surface area contributed by atoms with Crippen LogP contribution in [0.1, 0.15) is 24.8 Å². The zero-order chi connectivity index (χ0) is 18.1. The fraction of sp³-hybridized carbons (Fsp3) is 0.421. The van der Waals surface area contributed by atoms with Crippen molar-refractivity contribution in [2.45, 2.75) is 25.8 Å². The van der Waals surface area contributed by atoms with E-state index in [0.29, 0.717) is 12.5 Å². The van der Waals surface area contributed by atoms with Gasteiger partial charge in [0, 0.05) is 38.8 Å². The number of aromatic nitrogens is 4. The van der Waals surface area contributed by atoms with Crippen LogP contribution in [0.2, 0.25) is 0 Å². The minimum absolute atomic E-state index is 0.0107. The first-order valence-corrected chi connectivity index (χ1v) is 9.12. The van der Waals surface area contributed by atoms with Crippen LogP contribution in [0.5, 0.6) is 0 Å². The Labute approximate surface area is 152 Å². The molecule has 26 heavy (non-hydrogen) atoms. The molecule has 3 heterocycles. The van der Waals surface area contributed by atoms with Crippen LogP contribution in [-0.4, -0.2) is 38.3 Å². The Morgan fingerprint density at radius 1 is 1.35 bits per heavy atom. The van der Waals surface area contributed by atoms with Gasteiger partial charge < -0.3 is 9.88 Å². The Bertz CT molecular complexity index is 927. The van der Waals surface area contributed by atoms with E-state index in [9.17, 15) is 4.79 Å². The van der Waals surface area contributed by atoms with E-state index in [4.69, 9.17) is 0 Å². The molecular formula is C19H24N6O. The number of carbonyl (C=O) groups is 1. The summed E-state index contributed by atoms with van der Waals surface area (Å²) in [5, 5.41) is 10.7. The van der Waals surface area contributed by atoms with Gasteiger partial charge in [0.2, 0.25) is 11.9 Å². The lowest BCUT2D eigenvalue weighted by atomic mass is 9.90. The van der Waals surface area contributed by atoms with Gasteiger partial charge in [-0.1, -0.05) is 19.1 Å². The maximum atomic E-state index is 13.0. The van der Waals surface area contributed by atoms with Gasteiger partial charge in [0.25, 0.3) is 0 Å². The van der Waals surface area contributed by atoms with Crippen molar-refractivity contribution >= 4 is 22.9 Å². The van der Waals surface area contributed by atoms with Gasteiger partial charge in [-0.2, -0.15) is 5.10 Å². The van der Waals surface area contributed by atoms with E-state index in [2.05, 4.69) is 32.2 Å². The van der Waals surface area contributed by atoms with Gasteiger partial charge >= 0.3 is 0 Å².